The van der Waals surface area contributed by atoms with Crippen molar-refractivity contribution in [2.45, 2.75) is 25.9 Å². The summed E-state index contributed by atoms with van der Waals surface area (Å²) in [6.07, 6.45) is 1.13. The Balaban J connectivity index is 1.93. The summed E-state index contributed by atoms with van der Waals surface area (Å²) >= 11 is 3.11. The summed E-state index contributed by atoms with van der Waals surface area (Å²) in [6.45, 7) is -0.200. The number of carbonyl (C=O) groups is 1. The Morgan fingerprint density at radius 2 is 2.16 bits per heavy atom. The van der Waals surface area contributed by atoms with Gasteiger partial charge in [0.15, 0.2) is 0 Å². The lowest BCUT2D eigenvalue weighted by atomic mass is 10.2. The van der Waals surface area contributed by atoms with Crippen molar-refractivity contribution in [2.75, 3.05) is 5.32 Å². The number of hydrogen-bond donors (Lipinski definition) is 1. The van der Waals surface area contributed by atoms with E-state index in [1.54, 1.807) is 6.07 Å². The SMILES string of the molecule is N#Cc1c2n(c(=O)n(CC(=O)Nc3ccc(Br)cc3F)c1=O)CCC2. The molecule has 1 N–H and O–H groups in total. The van der Waals surface area contributed by atoms with Gasteiger partial charge in [0.25, 0.3) is 5.56 Å². The van der Waals surface area contributed by atoms with Crippen molar-refractivity contribution >= 4 is 27.5 Å². The highest BCUT2D eigenvalue weighted by Gasteiger charge is 2.23. The molecule has 9 heteroatoms. The Morgan fingerprint density at radius 3 is 2.84 bits per heavy atom. The van der Waals surface area contributed by atoms with E-state index in [1.165, 1.54) is 16.7 Å². The average Bonchev–Trinajstić information content (AvgIpc) is 3.04. The van der Waals surface area contributed by atoms with Crippen molar-refractivity contribution in [3.05, 3.63) is 60.6 Å². The summed E-state index contributed by atoms with van der Waals surface area (Å²) in [6, 6.07) is 5.89. The number of fused-ring (bicyclic) bond motifs is 1. The summed E-state index contributed by atoms with van der Waals surface area (Å²) in [4.78, 5) is 36.9. The molecular weight excluding hydrogens is 395 g/mol. The Kier molecular flexibility index (Phi) is 4.55. The predicted octanol–water partition coefficient (Wildman–Crippen LogP) is 1.37. The van der Waals surface area contributed by atoms with Crippen molar-refractivity contribution < 1.29 is 9.18 Å². The van der Waals surface area contributed by atoms with Crippen LogP contribution in [0.25, 0.3) is 0 Å². The van der Waals surface area contributed by atoms with Crippen molar-refractivity contribution in [3.63, 3.8) is 0 Å². The zero-order valence-corrected chi connectivity index (χ0v) is 14.5. The number of rotatable bonds is 3. The van der Waals surface area contributed by atoms with Crippen molar-refractivity contribution in [2.24, 2.45) is 0 Å². The number of amides is 1. The minimum Gasteiger partial charge on any atom is -0.322 e. The molecule has 1 aliphatic heterocycles. The second-order valence-electron chi connectivity index (χ2n) is 5.53. The highest BCUT2D eigenvalue weighted by Crippen LogP contribution is 2.19. The number of nitriles is 1. The molecule has 0 saturated heterocycles. The molecule has 1 aliphatic rings. The van der Waals surface area contributed by atoms with Crippen LogP contribution < -0.4 is 16.6 Å². The maximum absolute atomic E-state index is 13.8. The largest absolute Gasteiger partial charge is 0.331 e. The lowest BCUT2D eigenvalue weighted by molar-refractivity contribution is -0.116. The fourth-order valence-electron chi connectivity index (χ4n) is 2.81. The number of aromatic nitrogens is 2. The Morgan fingerprint density at radius 1 is 1.40 bits per heavy atom. The summed E-state index contributed by atoms with van der Waals surface area (Å²) in [7, 11) is 0. The highest BCUT2D eigenvalue weighted by atomic mass is 79.9. The normalized spacial score (nSPS) is 12.5. The van der Waals surface area contributed by atoms with E-state index < -0.39 is 29.5 Å². The second-order valence-corrected chi connectivity index (χ2v) is 6.45. The smallest absolute Gasteiger partial charge is 0.322 e. The number of carbonyl (C=O) groups excluding carboxylic acids is 1. The standard InChI is InChI=1S/C16H12BrFN4O3/c17-9-3-4-12(11(18)6-9)20-14(23)8-22-15(24)10(7-19)13-2-1-5-21(13)16(22)25/h3-4,6H,1-2,5,8H2,(H,20,23). The summed E-state index contributed by atoms with van der Waals surface area (Å²) in [5.74, 6) is -1.39. The molecule has 25 heavy (non-hydrogen) atoms. The lowest BCUT2D eigenvalue weighted by Crippen LogP contribution is -2.44. The summed E-state index contributed by atoms with van der Waals surface area (Å²) in [5.41, 5.74) is -1.22. The molecule has 0 unspecified atom stereocenters. The van der Waals surface area contributed by atoms with Gasteiger partial charge in [0.2, 0.25) is 5.91 Å². The third kappa shape index (κ3) is 3.13. The van der Waals surface area contributed by atoms with Crippen molar-refractivity contribution in [1.82, 2.24) is 9.13 Å². The van der Waals surface area contributed by atoms with Crippen LogP contribution in [-0.4, -0.2) is 15.0 Å². The molecule has 1 aromatic heterocycles. The van der Waals surface area contributed by atoms with Gasteiger partial charge in [-0.25, -0.2) is 13.8 Å². The summed E-state index contributed by atoms with van der Waals surface area (Å²) < 4.78 is 16.3. The molecule has 0 fully saturated rings. The maximum atomic E-state index is 13.8. The quantitative estimate of drug-likeness (QED) is 0.831. The molecule has 0 saturated carbocycles. The van der Waals surface area contributed by atoms with Gasteiger partial charge in [-0.15, -0.1) is 0 Å². The number of nitrogens with zero attached hydrogens (tertiary/aromatic N) is 3. The summed E-state index contributed by atoms with van der Waals surface area (Å²) in [5, 5.41) is 11.5. The molecule has 2 heterocycles. The Hall–Kier alpha value is -2.73. The first-order chi connectivity index (χ1) is 11.9. The van der Waals surface area contributed by atoms with Crippen LogP contribution in [0.2, 0.25) is 0 Å². The van der Waals surface area contributed by atoms with Crippen LogP contribution in [0.5, 0.6) is 0 Å². The first-order valence-corrected chi connectivity index (χ1v) is 8.23. The minimum absolute atomic E-state index is 0.0667. The first kappa shape index (κ1) is 17.1. The molecular formula is C16H12BrFN4O3. The number of halogens is 2. The van der Waals surface area contributed by atoms with E-state index >= 15 is 0 Å². The zero-order valence-electron chi connectivity index (χ0n) is 12.9. The average molecular weight is 407 g/mol. The van der Waals surface area contributed by atoms with Gasteiger partial charge in [0.1, 0.15) is 24.0 Å². The second kappa shape index (κ2) is 6.64. The maximum Gasteiger partial charge on any atom is 0.331 e. The molecule has 0 radical (unpaired) electrons. The fourth-order valence-corrected chi connectivity index (χ4v) is 3.15. The van der Waals surface area contributed by atoms with Crippen molar-refractivity contribution in [1.29, 1.82) is 5.26 Å². The van der Waals surface area contributed by atoms with E-state index in [0.29, 0.717) is 34.1 Å². The third-order valence-electron chi connectivity index (χ3n) is 3.95. The van der Waals surface area contributed by atoms with Crippen LogP contribution in [0.1, 0.15) is 17.7 Å². The Labute approximate surface area is 149 Å². The number of nitrogens with one attached hydrogen (secondary N) is 1. The van der Waals surface area contributed by atoms with Gasteiger partial charge < -0.3 is 5.32 Å². The Bertz CT molecular complexity index is 1040. The predicted molar refractivity (Wildman–Crippen MR) is 90.7 cm³/mol. The van der Waals surface area contributed by atoms with E-state index in [-0.39, 0.29) is 11.3 Å². The van der Waals surface area contributed by atoms with Gasteiger partial charge in [0.05, 0.1) is 5.69 Å². The molecule has 1 amide bonds. The highest BCUT2D eigenvalue weighted by molar-refractivity contribution is 9.10. The lowest BCUT2D eigenvalue weighted by Gasteiger charge is -2.11. The topological polar surface area (TPSA) is 96.9 Å². The van der Waals surface area contributed by atoms with Gasteiger partial charge in [-0.1, -0.05) is 15.9 Å². The minimum atomic E-state index is -0.799. The van der Waals surface area contributed by atoms with Crippen LogP contribution in [0, 0.1) is 17.1 Å². The van der Waals surface area contributed by atoms with Gasteiger partial charge in [0, 0.05) is 16.7 Å². The van der Waals surface area contributed by atoms with Gasteiger partial charge in [-0.05, 0) is 31.0 Å². The molecule has 128 valence electrons. The van der Waals surface area contributed by atoms with E-state index in [2.05, 4.69) is 21.2 Å². The molecule has 0 atom stereocenters. The van der Waals surface area contributed by atoms with Crippen LogP contribution in [0.3, 0.4) is 0 Å². The monoisotopic (exact) mass is 406 g/mol. The van der Waals surface area contributed by atoms with Crippen LogP contribution in [0.15, 0.2) is 32.3 Å². The van der Waals surface area contributed by atoms with Crippen molar-refractivity contribution in [3.8, 4) is 6.07 Å². The van der Waals surface area contributed by atoms with E-state index in [1.807, 2.05) is 6.07 Å². The number of anilines is 1. The van der Waals surface area contributed by atoms with Gasteiger partial charge in [-0.3, -0.25) is 14.2 Å². The molecule has 0 spiro atoms. The molecule has 3 rings (SSSR count). The first-order valence-electron chi connectivity index (χ1n) is 7.44. The molecule has 1 aromatic carbocycles. The fraction of sp³-hybridized carbons (Fsp3) is 0.250. The number of hydrogen-bond acceptors (Lipinski definition) is 4. The van der Waals surface area contributed by atoms with E-state index in [0.717, 1.165) is 0 Å². The third-order valence-corrected chi connectivity index (χ3v) is 4.44. The molecule has 7 nitrogen and oxygen atoms in total. The van der Waals surface area contributed by atoms with E-state index in [9.17, 15) is 24.0 Å². The molecule has 0 bridgehead atoms. The van der Waals surface area contributed by atoms with Crippen LogP contribution >= 0.6 is 15.9 Å². The van der Waals surface area contributed by atoms with E-state index in [4.69, 9.17) is 0 Å². The van der Waals surface area contributed by atoms with Gasteiger partial charge >= 0.3 is 5.69 Å². The van der Waals surface area contributed by atoms with Crippen LogP contribution in [0.4, 0.5) is 10.1 Å². The zero-order chi connectivity index (χ0) is 18.1. The number of benzene rings is 1. The van der Waals surface area contributed by atoms with Gasteiger partial charge in [-0.2, -0.15) is 5.26 Å². The molecule has 2 aromatic rings. The van der Waals surface area contributed by atoms with Crippen LogP contribution in [-0.2, 0) is 24.3 Å². The molecule has 0 aliphatic carbocycles.